The molecular formula is C27H25Cl2N3O5S. The molecule has 11 heteroatoms. The fourth-order valence-corrected chi connectivity index (χ4v) is 5.24. The van der Waals surface area contributed by atoms with E-state index in [-0.39, 0.29) is 24.2 Å². The molecule has 2 heterocycles. The van der Waals surface area contributed by atoms with Crippen LogP contribution in [0.15, 0.2) is 59.7 Å². The summed E-state index contributed by atoms with van der Waals surface area (Å²) in [7, 11) is 1.53. The van der Waals surface area contributed by atoms with Crippen LogP contribution in [-0.2, 0) is 9.53 Å². The number of hydrogen-bond acceptors (Lipinski definition) is 8. The number of benzene rings is 2. The van der Waals surface area contributed by atoms with Gasteiger partial charge in [-0.15, -0.1) is 11.3 Å². The second-order valence-corrected chi connectivity index (χ2v) is 10.7. The first-order valence-electron chi connectivity index (χ1n) is 12.0. The molecule has 4 aromatic rings. The van der Waals surface area contributed by atoms with Gasteiger partial charge in [0.15, 0.2) is 11.5 Å². The molecule has 1 aliphatic carbocycles. The fourth-order valence-electron chi connectivity index (χ4n) is 3.98. The highest BCUT2D eigenvalue weighted by Crippen LogP contribution is 2.36. The number of nitrogens with one attached hydrogen (secondary N) is 1. The van der Waals surface area contributed by atoms with Crippen molar-refractivity contribution in [3.63, 3.8) is 0 Å². The van der Waals surface area contributed by atoms with E-state index >= 15 is 0 Å². The summed E-state index contributed by atoms with van der Waals surface area (Å²) in [5, 5.41) is 0.652. The smallest absolute Gasteiger partial charge is 0.324 e. The van der Waals surface area contributed by atoms with E-state index in [2.05, 4.69) is 9.82 Å². The Hall–Kier alpha value is -3.11. The summed E-state index contributed by atoms with van der Waals surface area (Å²) in [6.45, 7) is 1.81. The van der Waals surface area contributed by atoms with Crippen molar-refractivity contribution in [2.75, 3.05) is 13.7 Å². The molecule has 0 bridgehead atoms. The van der Waals surface area contributed by atoms with Crippen molar-refractivity contribution in [2.24, 2.45) is 5.92 Å². The SMILES string of the molecule is COc1cc(-n2cnc3cc(-c4ccc(Cl)cc4)sc3c2=O)ccc1OC[C@H](OC(=O)[C@H](C)NCl)C1CC1. The lowest BCUT2D eigenvalue weighted by Crippen LogP contribution is -2.35. The number of carbonyl (C=O) groups excluding carboxylic acids is 1. The van der Waals surface area contributed by atoms with Crippen molar-refractivity contribution in [1.29, 1.82) is 0 Å². The minimum atomic E-state index is -0.624. The third-order valence-electron chi connectivity index (χ3n) is 6.33. The maximum Gasteiger partial charge on any atom is 0.324 e. The molecule has 38 heavy (non-hydrogen) atoms. The van der Waals surface area contributed by atoms with Crippen molar-refractivity contribution in [1.82, 2.24) is 14.4 Å². The van der Waals surface area contributed by atoms with Crippen LogP contribution in [0.1, 0.15) is 19.8 Å². The number of rotatable bonds is 10. The highest BCUT2D eigenvalue weighted by molar-refractivity contribution is 7.22. The molecule has 8 nitrogen and oxygen atoms in total. The maximum atomic E-state index is 13.4. The zero-order chi connectivity index (χ0) is 26.8. The summed E-state index contributed by atoms with van der Waals surface area (Å²) < 4.78 is 19.2. The Labute approximate surface area is 233 Å². The highest BCUT2D eigenvalue weighted by Gasteiger charge is 2.35. The van der Waals surface area contributed by atoms with Crippen LogP contribution in [0.4, 0.5) is 0 Å². The number of fused-ring (bicyclic) bond motifs is 1. The number of methoxy groups -OCH3 is 1. The van der Waals surface area contributed by atoms with Crippen LogP contribution in [0.5, 0.6) is 11.5 Å². The Kier molecular flexibility index (Phi) is 7.90. The molecule has 2 aromatic carbocycles. The molecule has 0 amide bonds. The number of nitrogens with zero attached hydrogens (tertiary/aromatic N) is 2. The molecular weight excluding hydrogens is 549 g/mol. The Morgan fingerprint density at radius 2 is 1.95 bits per heavy atom. The Morgan fingerprint density at radius 3 is 2.63 bits per heavy atom. The van der Waals surface area contributed by atoms with Crippen LogP contribution in [0.25, 0.3) is 26.3 Å². The number of thiophene rings is 1. The molecule has 1 aliphatic rings. The van der Waals surface area contributed by atoms with Crippen molar-refractivity contribution in [2.45, 2.75) is 31.9 Å². The topological polar surface area (TPSA) is 91.7 Å². The van der Waals surface area contributed by atoms with Gasteiger partial charge in [0.1, 0.15) is 29.8 Å². The lowest BCUT2D eigenvalue weighted by Gasteiger charge is -2.21. The Bertz CT molecular complexity index is 1520. The number of ether oxygens (including phenoxy) is 3. The van der Waals surface area contributed by atoms with Crippen molar-refractivity contribution >= 4 is 50.9 Å². The van der Waals surface area contributed by atoms with Gasteiger partial charge in [0, 0.05) is 16.0 Å². The molecule has 2 atom stereocenters. The number of halogens is 2. The van der Waals surface area contributed by atoms with Crippen molar-refractivity contribution < 1.29 is 19.0 Å². The molecule has 0 saturated heterocycles. The van der Waals surface area contributed by atoms with Crippen molar-refractivity contribution in [3.8, 4) is 27.6 Å². The predicted octanol–water partition coefficient (Wildman–Crippen LogP) is 5.61. The standard InChI is InChI=1S/C27H25Cl2N3O5S/c1-15(31-29)27(34)37-23(16-3-4-16)13-36-21-10-9-19(11-22(21)35-2)32-14-30-20-12-24(38-25(20)26(32)33)17-5-7-18(28)8-6-17/h5-12,14-16,23,31H,3-4,13H2,1-2H3/t15-,23-/m0/s1. The first-order chi connectivity index (χ1) is 18.4. The van der Waals surface area contributed by atoms with Crippen molar-refractivity contribution in [3.05, 3.63) is 70.2 Å². The molecule has 0 unspecified atom stereocenters. The third-order valence-corrected chi connectivity index (χ3v) is 8.07. The van der Waals surface area contributed by atoms with Gasteiger partial charge < -0.3 is 14.2 Å². The minimum Gasteiger partial charge on any atom is -0.493 e. The lowest BCUT2D eigenvalue weighted by molar-refractivity contribution is -0.153. The molecule has 1 fully saturated rings. The number of carbonyl (C=O) groups is 1. The van der Waals surface area contributed by atoms with Gasteiger partial charge in [-0.3, -0.25) is 14.2 Å². The van der Waals surface area contributed by atoms with Crippen LogP contribution in [0, 0.1) is 5.92 Å². The quantitative estimate of drug-likeness (QED) is 0.195. The van der Waals surface area contributed by atoms with E-state index in [1.807, 2.05) is 30.3 Å². The van der Waals surface area contributed by atoms with E-state index < -0.39 is 12.0 Å². The summed E-state index contributed by atoms with van der Waals surface area (Å²) >= 11 is 12.9. The predicted molar refractivity (Wildman–Crippen MR) is 149 cm³/mol. The third kappa shape index (κ3) is 5.66. The van der Waals surface area contributed by atoms with Gasteiger partial charge in [-0.1, -0.05) is 23.7 Å². The van der Waals surface area contributed by atoms with E-state index in [1.54, 1.807) is 25.1 Å². The van der Waals surface area contributed by atoms with E-state index in [9.17, 15) is 9.59 Å². The molecule has 0 radical (unpaired) electrons. The Balaban J connectivity index is 1.37. The fraction of sp³-hybridized carbons (Fsp3) is 0.296. The van der Waals surface area contributed by atoms with Gasteiger partial charge in [0.05, 0.1) is 18.3 Å². The summed E-state index contributed by atoms with van der Waals surface area (Å²) in [6, 6.07) is 14.0. The number of aromatic nitrogens is 2. The van der Waals surface area contributed by atoms with Crippen LogP contribution in [0.3, 0.4) is 0 Å². The van der Waals surface area contributed by atoms with E-state index in [4.69, 9.17) is 37.6 Å². The summed E-state index contributed by atoms with van der Waals surface area (Å²) in [4.78, 5) is 33.4. The van der Waals surface area contributed by atoms with E-state index in [1.165, 1.54) is 29.3 Å². The van der Waals surface area contributed by atoms with E-state index in [0.29, 0.717) is 32.4 Å². The average Bonchev–Trinajstić information content (AvgIpc) is 3.69. The molecule has 2 aromatic heterocycles. The molecule has 0 aliphatic heterocycles. The van der Waals surface area contributed by atoms with Gasteiger partial charge in [-0.2, -0.15) is 0 Å². The molecule has 1 N–H and O–H groups in total. The zero-order valence-corrected chi connectivity index (χ0v) is 23.0. The first-order valence-corrected chi connectivity index (χ1v) is 13.6. The molecule has 5 rings (SSSR count). The van der Waals surface area contributed by atoms with Crippen LogP contribution in [0.2, 0.25) is 5.02 Å². The van der Waals surface area contributed by atoms with Gasteiger partial charge >= 0.3 is 5.97 Å². The second kappa shape index (κ2) is 11.3. The molecule has 198 valence electrons. The van der Waals surface area contributed by atoms with Crippen LogP contribution >= 0.6 is 34.7 Å². The van der Waals surface area contributed by atoms with Gasteiger partial charge in [0.2, 0.25) is 0 Å². The summed E-state index contributed by atoms with van der Waals surface area (Å²) in [6.07, 6.45) is 3.07. The van der Waals surface area contributed by atoms with Crippen LogP contribution in [-0.4, -0.2) is 41.4 Å². The second-order valence-electron chi connectivity index (χ2n) is 9.04. The van der Waals surface area contributed by atoms with Gasteiger partial charge in [-0.05, 0) is 73.4 Å². The monoisotopic (exact) mass is 573 g/mol. The molecule has 0 spiro atoms. The lowest BCUT2D eigenvalue weighted by atomic mass is 10.2. The first kappa shape index (κ1) is 26.5. The normalized spacial score (nSPS) is 14.7. The highest BCUT2D eigenvalue weighted by atomic mass is 35.5. The van der Waals surface area contributed by atoms with Crippen LogP contribution < -0.4 is 19.9 Å². The zero-order valence-electron chi connectivity index (χ0n) is 20.6. The Morgan fingerprint density at radius 1 is 1.18 bits per heavy atom. The molecule has 1 saturated carbocycles. The number of hydrogen-bond donors (Lipinski definition) is 1. The van der Waals surface area contributed by atoms with Gasteiger partial charge in [-0.25, -0.2) is 9.82 Å². The summed E-state index contributed by atoms with van der Waals surface area (Å²) in [5.74, 6) is 0.744. The number of esters is 1. The maximum absolute atomic E-state index is 13.4. The summed E-state index contributed by atoms with van der Waals surface area (Å²) in [5.41, 5.74) is 2.00. The average molecular weight is 574 g/mol. The largest absolute Gasteiger partial charge is 0.493 e. The van der Waals surface area contributed by atoms with Gasteiger partial charge in [0.25, 0.3) is 5.56 Å². The van der Waals surface area contributed by atoms with E-state index in [0.717, 1.165) is 23.3 Å². The minimum absolute atomic E-state index is 0.178.